The van der Waals surface area contributed by atoms with E-state index in [0.29, 0.717) is 0 Å². The van der Waals surface area contributed by atoms with Gasteiger partial charge in [0.2, 0.25) is 0 Å². The predicted octanol–water partition coefficient (Wildman–Crippen LogP) is 2.78. The summed E-state index contributed by atoms with van der Waals surface area (Å²) in [6.45, 7) is 1.81. The Balaban J connectivity index is 1.85. The van der Waals surface area contributed by atoms with E-state index in [4.69, 9.17) is 0 Å². The third-order valence-corrected chi connectivity index (χ3v) is 3.63. The standard InChI is InChI=1S/C17H16BrN3O2/c1-12(14-5-3-2-4-6-14)20-16(22)17(23)21-19-11-13-7-9-15(18)10-8-13/h2-12H,1H3,(H,20,22)(H,21,23)/b19-11-/t12-/m0/s1. The molecule has 2 aromatic carbocycles. The number of halogens is 1. The lowest BCUT2D eigenvalue weighted by molar-refractivity contribution is -0.139. The van der Waals surface area contributed by atoms with Gasteiger partial charge in [-0.05, 0) is 30.2 Å². The van der Waals surface area contributed by atoms with Gasteiger partial charge in [0.25, 0.3) is 0 Å². The van der Waals surface area contributed by atoms with Crippen LogP contribution in [0.4, 0.5) is 0 Å². The van der Waals surface area contributed by atoms with Crippen molar-refractivity contribution in [1.29, 1.82) is 0 Å². The molecular formula is C17H16BrN3O2. The van der Waals surface area contributed by atoms with Gasteiger partial charge in [0.15, 0.2) is 0 Å². The molecule has 1 atom stereocenters. The highest BCUT2D eigenvalue weighted by atomic mass is 79.9. The number of rotatable bonds is 4. The van der Waals surface area contributed by atoms with Crippen molar-refractivity contribution in [1.82, 2.24) is 10.7 Å². The molecular weight excluding hydrogens is 358 g/mol. The number of nitrogens with one attached hydrogen (secondary N) is 2. The van der Waals surface area contributed by atoms with E-state index in [1.165, 1.54) is 6.21 Å². The molecule has 118 valence electrons. The number of benzene rings is 2. The summed E-state index contributed by atoms with van der Waals surface area (Å²) in [4.78, 5) is 23.5. The maximum atomic E-state index is 11.8. The molecule has 2 N–H and O–H groups in total. The van der Waals surface area contributed by atoms with Crippen molar-refractivity contribution in [2.24, 2.45) is 5.10 Å². The number of carbonyl (C=O) groups is 2. The van der Waals surface area contributed by atoms with Crippen LogP contribution in [0, 0.1) is 0 Å². The molecule has 2 rings (SSSR count). The summed E-state index contributed by atoms with van der Waals surface area (Å²) in [5.41, 5.74) is 3.94. The third kappa shape index (κ3) is 5.34. The van der Waals surface area contributed by atoms with Crippen molar-refractivity contribution in [2.75, 3.05) is 0 Å². The number of amides is 2. The average molecular weight is 374 g/mol. The van der Waals surface area contributed by atoms with Crippen LogP contribution in [0.3, 0.4) is 0 Å². The van der Waals surface area contributed by atoms with Crippen molar-refractivity contribution in [3.8, 4) is 0 Å². The molecule has 5 nitrogen and oxygen atoms in total. The van der Waals surface area contributed by atoms with Gasteiger partial charge in [0.1, 0.15) is 0 Å². The number of nitrogens with zero attached hydrogens (tertiary/aromatic N) is 1. The number of hydrazone groups is 1. The van der Waals surface area contributed by atoms with Crippen LogP contribution in [0.25, 0.3) is 0 Å². The highest BCUT2D eigenvalue weighted by Crippen LogP contribution is 2.10. The molecule has 0 spiro atoms. The summed E-state index contributed by atoms with van der Waals surface area (Å²) >= 11 is 3.33. The summed E-state index contributed by atoms with van der Waals surface area (Å²) in [5.74, 6) is -1.53. The van der Waals surface area contributed by atoms with E-state index in [2.05, 4.69) is 31.8 Å². The first-order chi connectivity index (χ1) is 11.1. The van der Waals surface area contributed by atoms with E-state index >= 15 is 0 Å². The van der Waals surface area contributed by atoms with Crippen LogP contribution in [-0.4, -0.2) is 18.0 Å². The molecule has 0 bridgehead atoms. The molecule has 0 saturated heterocycles. The minimum atomic E-state index is -0.804. The minimum absolute atomic E-state index is 0.259. The quantitative estimate of drug-likeness (QED) is 0.491. The van der Waals surface area contributed by atoms with Crippen molar-refractivity contribution in [2.45, 2.75) is 13.0 Å². The molecule has 0 unspecified atom stereocenters. The van der Waals surface area contributed by atoms with Crippen LogP contribution in [-0.2, 0) is 9.59 Å². The lowest BCUT2D eigenvalue weighted by Crippen LogP contribution is -2.39. The highest BCUT2D eigenvalue weighted by Gasteiger charge is 2.16. The summed E-state index contributed by atoms with van der Waals surface area (Å²) in [7, 11) is 0. The van der Waals surface area contributed by atoms with E-state index in [-0.39, 0.29) is 6.04 Å². The van der Waals surface area contributed by atoms with Crippen LogP contribution in [0.2, 0.25) is 0 Å². The summed E-state index contributed by atoms with van der Waals surface area (Å²) in [6, 6.07) is 16.5. The van der Waals surface area contributed by atoms with Gasteiger partial charge in [0.05, 0.1) is 12.3 Å². The van der Waals surface area contributed by atoms with E-state index < -0.39 is 11.8 Å². The Kier molecular flexibility index (Phi) is 6.05. The monoisotopic (exact) mass is 373 g/mol. The van der Waals surface area contributed by atoms with Crippen LogP contribution < -0.4 is 10.7 Å². The van der Waals surface area contributed by atoms with Gasteiger partial charge in [-0.15, -0.1) is 0 Å². The maximum absolute atomic E-state index is 11.8. The first-order valence-electron chi connectivity index (χ1n) is 7.00. The molecule has 6 heteroatoms. The zero-order valence-electron chi connectivity index (χ0n) is 12.5. The fourth-order valence-corrected chi connectivity index (χ4v) is 2.12. The Morgan fingerprint density at radius 1 is 1.04 bits per heavy atom. The van der Waals surface area contributed by atoms with Gasteiger partial charge in [-0.2, -0.15) is 5.10 Å². The Morgan fingerprint density at radius 2 is 1.70 bits per heavy atom. The van der Waals surface area contributed by atoms with E-state index in [9.17, 15) is 9.59 Å². The lowest BCUT2D eigenvalue weighted by Gasteiger charge is -2.13. The van der Waals surface area contributed by atoms with E-state index in [0.717, 1.165) is 15.6 Å². The fourth-order valence-electron chi connectivity index (χ4n) is 1.85. The number of hydrogen-bond acceptors (Lipinski definition) is 3. The minimum Gasteiger partial charge on any atom is -0.341 e. The smallest absolute Gasteiger partial charge is 0.329 e. The van der Waals surface area contributed by atoms with Crippen molar-refractivity contribution in [3.63, 3.8) is 0 Å². The number of carbonyl (C=O) groups excluding carboxylic acids is 2. The van der Waals surface area contributed by atoms with Gasteiger partial charge in [-0.3, -0.25) is 9.59 Å². The molecule has 0 heterocycles. The molecule has 0 fully saturated rings. The SMILES string of the molecule is C[C@H](NC(=O)C(=O)N/N=C\c1ccc(Br)cc1)c1ccccc1. The number of hydrogen-bond donors (Lipinski definition) is 2. The van der Waals surface area contributed by atoms with E-state index in [1.807, 2.05) is 61.5 Å². The molecule has 0 saturated carbocycles. The zero-order chi connectivity index (χ0) is 16.7. The average Bonchev–Trinajstić information content (AvgIpc) is 2.57. The first-order valence-corrected chi connectivity index (χ1v) is 7.80. The summed E-state index contributed by atoms with van der Waals surface area (Å²) < 4.78 is 0.952. The normalized spacial score (nSPS) is 11.9. The van der Waals surface area contributed by atoms with Crippen molar-refractivity contribution in [3.05, 3.63) is 70.2 Å². The molecule has 0 aliphatic heterocycles. The maximum Gasteiger partial charge on any atom is 0.329 e. The van der Waals surface area contributed by atoms with Gasteiger partial charge in [-0.1, -0.05) is 58.4 Å². The molecule has 0 radical (unpaired) electrons. The van der Waals surface area contributed by atoms with Gasteiger partial charge in [0, 0.05) is 4.47 Å². The highest BCUT2D eigenvalue weighted by molar-refractivity contribution is 9.10. The second kappa shape index (κ2) is 8.24. The molecule has 2 aromatic rings. The summed E-state index contributed by atoms with van der Waals surface area (Å²) in [5, 5.41) is 6.39. The molecule has 2 amide bonds. The Labute approximate surface area is 142 Å². The van der Waals surface area contributed by atoms with Gasteiger partial charge < -0.3 is 5.32 Å². The molecule has 0 aromatic heterocycles. The van der Waals surface area contributed by atoms with Crippen LogP contribution >= 0.6 is 15.9 Å². The van der Waals surface area contributed by atoms with Gasteiger partial charge in [-0.25, -0.2) is 5.43 Å². The Bertz CT molecular complexity index is 700. The topological polar surface area (TPSA) is 70.6 Å². The van der Waals surface area contributed by atoms with Gasteiger partial charge >= 0.3 is 11.8 Å². The first kappa shape index (κ1) is 16.9. The second-order valence-electron chi connectivity index (χ2n) is 4.86. The van der Waals surface area contributed by atoms with Crippen LogP contribution in [0.5, 0.6) is 0 Å². The Morgan fingerprint density at radius 3 is 2.35 bits per heavy atom. The molecule has 23 heavy (non-hydrogen) atoms. The van der Waals surface area contributed by atoms with Crippen molar-refractivity contribution >= 4 is 34.0 Å². The van der Waals surface area contributed by atoms with Crippen LogP contribution in [0.1, 0.15) is 24.1 Å². The molecule has 0 aliphatic carbocycles. The second-order valence-corrected chi connectivity index (χ2v) is 5.77. The summed E-state index contributed by atoms with van der Waals surface area (Å²) in [6.07, 6.45) is 1.47. The lowest BCUT2D eigenvalue weighted by atomic mass is 10.1. The van der Waals surface area contributed by atoms with Crippen molar-refractivity contribution < 1.29 is 9.59 Å². The van der Waals surface area contributed by atoms with E-state index in [1.54, 1.807) is 0 Å². The zero-order valence-corrected chi connectivity index (χ0v) is 14.1. The largest absolute Gasteiger partial charge is 0.341 e. The third-order valence-electron chi connectivity index (χ3n) is 3.10. The molecule has 0 aliphatic rings. The predicted molar refractivity (Wildman–Crippen MR) is 92.9 cm³/mol. The Hall–Kier alpha value is -2.47. The van der Waals surface area contributed by atoms with Crippen LogP contribution in [0.15, 0.2) is 64.2 Å². The fraction of sp³-hybridized carbons (Fsp3) is 0.118.